The molecule has 0 aromatic heterocycles. The lowest BCUT2D eigenvalue weighted by Crippen LogP contribution is -2.25. The fourth-order valence-corrected chi connectivity index (χ4v) is 3.08. The summed E-state index contributed by atoms with van der Waals surface area (Å²) in [5, 5.41) is 9.91. The Labute approximate surface area is 118 Å². The van der Waals surface area contributed by atoms with Crippen LogP contribution < -0.4 is 4.90 Å². The number of para-hydroxylation sites is 1. The summed E-state index contributed by atoms with van der Waals surface area (Å²) in [5.41, 5.74) is 3.50. The van der Waals surface area contributed by atoms with Gasteiger partial charge < -0.3 is 10.0 Å². The van der Waals surface area contributed by atoms with Crippen molar-refractivity contribution in [3.63, 3.8) is 0 Å². The summed E-state index contributed by atoms with van der Waals surface area (Å²) in [6.07, 6.45) is 0.109. The highest BCUT2D eigenvalue weighted by Gasteiger charge is 2.29. The zero-order valence-corrected chi connectivity index (χ0v) is 11.7. The molecule has 3 rings (SSSR count). The van der Waals surface area contributed by atoms with E-state index >= 15 is 0 Å². The second kappa shape index (κ2) is 4.91. The molecule has 20 heavy (non-hydrogen) atoms. The molecule has 0 amide bonds. The molecule has 0 spiro atoms. The summed E-state index contributed by atoms with van der Waals surface area (Å²) < 4.78 is 14.1. The van der Waals surface area contributed by atoms with Crippen LogP contribution in [0.5, 0.6) is 0 Å². The van der Waals surface area contributed by atoms with E-state index in [0.717, 1.165) is 17.8 Å². The third-order valence-corrected chi connectivity index (χ3v) is 3.91. The van der Waals surface area contributed by atoms with Gasteiger partial charge in [-0.1, -0.05) is 24.3 Å². The van der Waals surface area contributed by atoms with E-state index < -0.39 is 6.10 Å². The van der Waals surface area contributed by atoms with Gasteiger partial charge in [-0.05, 0) is 44.0 Å². The van der Waals surface area contributed by atoms with Crippen molar-refractivity contribution in [2.45, 2.75) is 32.4 Å². The molecule has 1 N–H and O–H groups in total. The Morgan fingerprint density at radius 1 is 1.15 bits per heavy atom. The highest BCUT2D eigenvalue weighted by Crippen LogP contribution is 2.41. The molecule has 1 heterocycles. The van der Waals surface area contributed by atoms with E-state index in [-0.39, 0.29) is 11.9 Å². The van der Waals surface area contributed by atoms with Crippen LogP contribution in [0.25, 0.3) is 0 Å². The van der Waals surface area contributed by atoms with Crippen molar-refractivity contribution in [2.75, 3.05) is 4.90 Å². The predicted molar refractivity (Wildman–Crippen MR) is 78.8 cm³/mol. The SMILES string of the molecule is CC1Cc2ccccc2N1c1cccc(F)c1[C@@H](C)O. The van der Waals surface area contributed by atoms with Crippen LogP contribution in [0.1, 0.15) is 31.1 Å². The van der Waals surface area contributed by atoms with Gasteiger partial charge in [0.1, 0.15) is 5.82 Å². The smallest absolute Gasteiger partial charge is 0.131 e. The van der Waals surface area contributed by atoms with Crippen molar-refractivity contribution in [3.05, 3.63) is 59.4 Å². The van der Waals surface area contributed by atoms with Crippen molar-refractivity contribution in [1.29, 1.82) is 0 Å². The minimum atomic E-state index is -0.828. The Balaban J connectivity index is 2.17. The Morgan fingerprint density at radius 2 is 1.85 bits per heavy atom. The maximum atomic E-state index is 14.1. The molecule has 1 unspecified atom stereocenters. The van der Waals surface area contributed by atoms with Gasteiger partial charge in [-0.3, -0.25) is 0 Å². The van der Waals surface area contributed by atoms with Gasteiger partial charge in [0, 0.05) is 17.3 Å². The van der Waals surface area contributed by atoms with E-state index in [4.69, 9.17) is 0 Å². The monoisotopic (exact) mass is 271 g/mol. The van der Waals surface area contributed by atoms with Crippen LogP contribution in [0, 0.1) is 5.82 Å². The summed E-state index contributed by atoms with van der Waals surface area (Å²) in [5.74, 6) is -0.353. The van der Waals surface area contributed by atoms with Crippen molar-refractivity contribution in [1.82, 2.24) is 0 Å². The number of hydrogen-bond donors (Lipinski definition) is 1. The Kier molecular flexibility index (Phi) is 3.22. The second-order valence-electron chi connectivity index (χ2n) is 5.40. The maximum Gasteiger partial charge on any atom is 0.131 e. The molecular weight excluding hydrogens is 253 g/mol. The summed E-state index contributed by atoms with van der Waals surface area (Å²) in [4.78, 5) is 2.13. The van der Waals surface area contributed by atoms with Crippen LogP contribution in [-0.2, 0) is 6.42 Å². The van der Waals surface area contributed by atoms with Gasteiger partial charge in [0.2, 0.25) is 0 Å². The lowest BCUT2D eigenvalue weighted by atomic mass is 10.1. The first kappa shape index (κ1) is 13.1. The lowest BCUT2D eigenvalue weighted by Gasteiger charge is -2.28. The molecule has 2 atom stereocenters. The fraction of sp³-hybridized carbons (Fsp3) is 0.294. The minimum absolute atomic E-state index is 0.256. The number of benzene rings is 2. The highest BCUT2D eigenvalue weighted by atomic mass is 19.1. The van der Waals surface area contributed by atoms with Crippen molar-refractivity contribution >= 4 is 11.4 Å². The molecule has 2 aromatic rings. The van der Waals surface area contributed by atoms with Crippen molar-refractivity contribution in [2.24, 2.45) is 0 Å². The van der Waals surface area contributed by atoms with E-state index in [2.05, 4.69) is 24.0 Å². The van der Waals surface area contributed by atoms with E-state index in [0.29, 0.717) is 5.56 Å². The molecule has 0 bridgehead atoms. The van der Waals surface area contributed by atoms with Crippen LogP contribution >= 0.6 is 0 Å². The zero-order valence-electron chi connectivity index (χ0n) is 11.7. The molecule has 0 aliphatic carbocycles. The van der Waals surface area contributed by atoms with Gasteiger partial charge in [0.15, 0.2) is 0 Å². The van der Waals surface area contributed by atoms with Crippen LogP contribution in [0.3, 0.4) is 0 Å². The van der Waals surface area contributed by atoms with E-state index in [1.54, 1.807) is 13.0 Å². The number of hydrogen-bond acceptors (Lipinski definition) is 2. The molecule has 0 radical (unpaired) electrons. The lowest BCUT2D eigenvalue weighted by molar-refractivity contribution is 0.194. The van der Waals surface area contributed by atoms with Gasteiger partial charge in [0.05, 0.1) is 11.8 Å². The summed E-state index contributed by atoms with van der Waals surface area (Å²) >= 11 is 0. The zero-order chi connectivity index (χ0) is 14.3. The summed E-state index contributed by atoms with van der Waals surface area (Å²) in [7, 11) is 0. The minimum Gasteiger partial charge on any atom is -0.389 e. The molecule has 2 aromatic carbocycles. The number of aliphatic hydroxyl groups excluding tert-OH is 1. The molecule has 0 saturated carbocycles. The first-order valence-corrected chi connectivity index (χ1v) is 6.93. The highest BCUT2D eigenvalue weighted by molar-refractivity contribution is 5.73. The standard InChI is InChI=1S/C17H18FNO/c1-11-10-13-6-3-4-8-15(13)19(11)16-9-5-7-14(18)17(16)12(2)20/h3-9,11-12,20H,10H2,1-2H3/t11?,12-/m1/s1. The average molecular weight is 271 g/mol. The van der Waals surface area contributed by atoms with Crippen LogP contribution in [0.2, 0.25) is 0 Å². The number of fused-ring (bicyclic) bond motifs is 1. The molecule has 0 fully saturated rings. The topological polar surface area (TPSA) is 23.5 Å². The van der Waals surface area contributed by atoms with Gasteiger partial charge >= 0.3 is 0 Å². The third-order valence-electron chi connectivity index (χ3n) is 3.91. The van der Waals surface area contributed by atoms with Gasteiger partial charge in [0.25, 0.3) is 0 Å². The van der Waals surface area contributed by atoms with Gasteiger partial charge in [-0.15, -0.1) is 0 Å². The first-order chi connectivity index (χ1) is 9.59. The third kappa shape index (κ3) is 1.98. The summed E-state index contributed by atoms with van der Waals surface area (Å²) in [6, 6.07) is 13.4. The molecule has 1 aliphatic rings. The van der Waals surface area contributed by atoms with Crippen LogP contribution in [-0.4, -0.2) is 11.1 Å². The molecule has 3 heteroatoms. The molecule has 2 nitrogen and oxygen atoms in total. The van der Waals surface area contributed by atoms with Crippen LogP contribution in [0.4, 0.5) is 15.8 Å². The van der Waals surface area contributed by atoms with Crippen molar-refractivity contribution in [3.8, 4) is 0 Å². The van der Waals surface area contributed by atoms with E-state index in [1.165, 1.54) is 11.6 Å². The molecule has 104 valence electrons. The quantitative estimate of drug-likeness (QED) is 0.893. The Morgan fingerprint density at radius 3 is 2.60 bits per heavy atom. The fourth-order valence-electron chi connectivity index (χ4n) is 3.08. The number of aliphatic hydroxyl groups is 1. The van der Waals surface area contributed by atoms with Crippen molar-refractivity contribution < 1.29 is 9.50 Å². The average Bonchev–Trinajstić information content (AvgIpc) is 2.73. The van der Waals surface area contributed by atoms with Gasteiger partial charge in [-0.2, -0.15) is 0 Å². The molecule has 1 aliphatic heterocycles. The second-order valence-corrected chi connectivity index (χ2v) is 5.40. The van der Waals surface area contributed by atoms with Gasteiger partial charge in [-0.25, -0.2) is 4.39 Å². The largest absolute Gasteiger partial charge is 0.389 e. The summed E-state index contributed by atoms with van der Waals surface area (Å²) in [6.45, 7) is 3.73. The van der Waals surface area contributed by atoms with E-state index in [1.807, 2.05) is 18.2 Å². The first-order valence-electron chi connectivity index (χ1n) is 6.93. The maximum absolute atomic E-state index is 14.1. The molecule has 0 saturated heterocycles. The van der Waals surface area contributed by atoms with Crippen LogP contribution in [0.15, 0.2) is 42.5 Å². The number of anilines is 2. The molecular formula is C17H18FNO. The number of rotatable bonds is 2. The number of nitrogens with zero attached hydrogens (tertiary/aromatic N) is 1. The predicted octanol–water partition coefficient (Wildman–Crippen LogP) is 3.96. The Bertz CT molecular complexity index is 639. The Hall–Kier alpha value is -1.87. The van der Waals surface area contributed by atoms with E-state index in [9.17, 15) is 9.50 Å². The normalized spacial score (nSPS) is 19.0. The number of halogens is 1.